The molecule has 6 atom stereocenters. The second kappa shape index (κ2) is 8.51. The third-order valence-electron chi connectivity index (χ3n) is 6.41. The van der Waals surface area contributed by atoms with Crippen molar-refractivity contribution in [2.75, 3.05) is 26.9 Å². The van der Waals surface area contributed by atoms with Gasteiger partial charge in [-0.25, -0.2) is 4.79 Å². The lowest BCUT2D eigenvalue weighted by molar-refractivity contribution is -0.175. The first-order chi connectivity index (χ1) is 13.6. The number of rotatable bonds is 6. The number of hydrogen-bond acceptors (Lipinski definition) is 7. The van der Waals surface area contributed by atoms with Crippen LogP contribution in [0.3, 0.4) is 0 Å². The minimum absolute atomic E-state index is 0.119. The van der Waals surface area contributed by atoms with Crippen LogP contribution in [0.5, 0.6) is 0 Å². The highest BCUT2D eigenvalue weighted by Gasteiger charge is 2.64. The average Bonchev–Trinajstić information content (AvgIpc) is 3.33. The molecule has 2 saturated heterocycles. The molecule has 3 unspecified atom stereocenters. The summed E-state index contributed by atoms with van der Waals surface area (Å²) in [5, 5.41) is 19.7. The molecule has 2 aliphatic heterocycles. The van der Waals surface area contributed by atoms with Crippen LogP contribution in [0, 0.1) is 5.92 Å². The molecule has 1 spiro atoms. The third-order valence-corrected chi connectivity index (χ3v) is 6.41. The summed E-state index contributed by atoms with van der Waals surface area (Å²) in [6.45, 7) is 9.50. The summed E-state index contributed by atoms with van der Waals surface area (Å²) < 4.78 is 23.7. The van der Waals surface area contributed by atoms with Gasteiger partial charge in [-0.15, -0.1) is 0 Å². The summed E-state index contributed by atoms with van der Waals surface area (Å²) in [4.78, 5) is 13.8. The smallest absolute Gasteiger partial charge is 0.412 e. The Morgan fingerprint density at radius 3 is 2.52 bits per heavy atom. The van der Waals surface area contributed by atoms with Crippen LogP contribution in [-0.2, 0) is 18.9 Å². The molecule has 2 N–H and O–H groups in total. The van der Waals surface area contributed by atoms with E-state index in [1.807, 2.05) is 33.8 Å². The Labute approximate surface area is 172 Å². The summed E-state index contributed by atoms with van der Waals surface area (Å²) in [5.41, 5.74) is 0.308. The van der Waals surface area contributed by atoms with Gasteiger partial charge in [-0.3, -0.25) is 4.90 Å². The van der Waals surface area contributed by atoms with Gasteiger partial charge in [0.05, 0.1) is 24.4 Å². The molecule has 0 bridgehead atoms. The van der Waals surface area contributed by atoms with Crippen molar-refractivity contribution in [2.45, 2.75) is 82.7 Å². The first-order valence-corrected chi connectivity index (χ1v) is 10.4. The molecule has 3 aliphatic rings. The highest BCUT2D eigenvalue weighted by atomic mass is 16.6. The van der Waals surface area contributed by atoms with Crippen LogP contribution in [0.25, 0.3) is 0 Å². The highest BCUT2D eigenvalue weighted by molar-refractivity contribution is 5.68. The van der Waals surface area contributed by atoms with E-state index < -0.39 is 36.2 Å². The molecule has 1 aliphatic carbocycles. The molecule has 2 heterocycles. The summed E-state index contributed by atoms with van der Waals surface area (Å²) >= 11 is 0. The predicted molar refractivity (Wildman–Crippen MR) is 105 cm³/mol. The number of aliphatic hydroxyl groups excluding tert-OH is 2. The lowest BCUT2D eigenvalue weighted by atomic mass is 9.68. The van der Waals surface area contributed by atoms with Gasteiger partial charge in [-0.2, -0.15) is 0 Å². The average molecular weight is 414 g/mol. The quantitative estimate of drug-likeness (QED) is 0.506. The SMILES string of the molecule is CO[C@H]1[C@H](C(C)(C)OCC=C(C)C)C2(CC[C@H]1OC(=O)N1CCC(O)C1O)CO2. The van der Waals surface area contributed by atoms with E-state index in [2.05, 4.69) is 0 Å². The van der Waals surface area contributed by atoms with Crippen LogP contribution in [0.2, 0.25) is 0 Å². The Kier molecular flexibility index (Phi) is 6.60. The van der Waals surface area contributed by atoms with Gasteiger partial charge in [0.15, 0.2) is 6.23 Å². The Hall–Kier alpha value is -1.19. The van der Waals surface area contributed by atoms with E-state index >= 15 is 0 Å². The maximum atomic E-state index is 12.6. The van der Waals surface area contributed by atoms with Crippen molar-refractivity contribution in [3.63, 3.8) is 0 Å². The number of epoxide rings is 1. The number of allylic oxidation sites excluding steroid dienone is 1. The molecule has 0 radical (unpaired) electrons. The van der Waals surface area contributed by atoms with Gasteiger partial charge in [-0.05, 0) is 47.0 Å². The molecule has 1 amide bonds. The van der Waals surface area contributed by atoms with E-state index in [1.54, 1.807) is 7.11 Å². The number of aliphatic hydroxyl groups is 2. The maximum Gasteiger partial charge on any atom is 0.412 e. The molecule has 8 heteroatoms. The first kappa shape index (κ1) is 22.5. The zero-order valence-electron chi connectivity index (χ0n) is 18.1. The number of ether oxygens (including phenoxy) is 4. The van der Waals surface area contributed by atoms with Crippen LogP contribution in [0.1, 0.15) is 47.0 Å². The molecular weight excluding hydrogens is 378 g/mol. The van der Waals surface area contributed by atoms with Crippen LogP contribution >= 0.6 is 0 Å². The highest BCUT2D eigenvalue weighted by Crippen LogP contribution is 2.52. The fourth-order valence-electron chi connectivity index (χ4n) is 4.75. The fourth-order valence-corrected chi connectivity index (χ4v) is 4.75. The number of carbonyl (C=O) groups excluding carboxylic acids is 1. The number of methoxy groups -OCH3 is 1. The van der Waals surface area contributed by atoms with E-state index in [0.717, 1.165) is 6.42 Å². The Morgan fingerprint density at radius 1 is 1.31 bits per heavy atom. The van der Waals surface area contributed by atoms with Crippen molar-refractivity contribution >= 4 is 6.09 Å². The van der Waals surface area contributed by atoms with Gasteiger partial charge in [-0.1, -0.05) is 11.6 Å². The second-order valence-electron chi connectivity index (χ2n) is 9.15. The lowest BCUT2D eigenvalue weighted by Gasteiger charge is -2.47. The molecular formula is C21H35NO7. The minimum atomic E-state index is -1.23. The van der Waals surface area contributed by atoms with Crippen molar-refractivity contribution in [1.82, 2.24) is 4.90 Å². The van der Waals surface area contributed by atoms with Crippen molar-refractivity contribution in [2.24, 2.45) is 5.92 Å². The molecule has 0 aromatic rings. The zero-order chi connectivity index (χ0) is 21.4. The van der Waals surface area contributed by atoms with E-state index in [0.29, 0.717) is 26.1 Å². The summed E-state index contributed by atoms with van der Waals surface area (Å²) in [6.07, 6.45) is 0.0354. The van der Waals surface area contributed by atoms with Gasteiger partial charge in [0, 0.05) is 19.6 Å². The fraction of sp³-hybridized carbons (Fsp3) is 0.857. The second-order valence-corrected chi connectivity index (χ2v) is 9.15. The molecule has 3 rings (SSSR count). The molecule has 166 valence electrons. The summed E-state index contributed by atoms with van der Waals surface area (Å²) in [5.74, 6) is -0.119. The Morgan fingerprint density at radius 2 is 2.00 bits per heavy atom. The van der Waals surface area contributed by atoms with E-state index in [4.69, 9.17) is 18.9 Å². The number of hydrogen-bond donors (Lipinski definition) is 2. The van der Waals surface area contributed by atoms with Crippen LogP contribution in [-0.4, -0.2) is 83.8 Å². The molecule has 1 saturated carbocycles. The minimum Gasteiger partial charge on any atom is -0.443 e. The topological polar surface area (TPSA) is 101 Å². The van der Waals surface area contributed by atoms with E-state index in [-0.39, 0.29) is 18.1 Å². The van der Waals surface area contributed by atoms with Gasteiger partial charge in [0.1, 0.15) is 18.3 Å². The zero-order valence-corrected chi connectivity index (χ0v) is 18.1. The Bertz CT molecular complexity index is 627. The van der Waals surface area contributed by atoms with Crippen molar-refractivity contribution in [3.8, 4) is 0 Å². The molecule has 3 fully saturated rings. The van der Waals surface area contributed by atoms with E-state index in [1.165, 1.54) is 10.5 Å². The van der Waals surface area contributed by atoms with Gasteiger partial charge in [0.25, 0.3) is 0 Å². The maximum absolute atomic E-state index is 12.6. The number of amides is 1. The largest absolute Gasteiger partial charge is 0.443 e. The van der Waals surface area contributed by atoms with Crippen LogP contribution in [0.15, 0.2) is 11.6 Å². The van der Waals surface area contributed by atoms with Crippen LogP contribution < -0.4 is 0 Å². The summed E-state index contributed by atoms with van der Waals surface area (Å²) in [6, 6.07) is 0. The Balaban J connectivity index is 1.73. The number of likely N-dealkylation sites (tertiary alicyclic amines) is 1. The molecule has 8 nitrogen and oxygen atoms in total. The predicted octanol–water partition coefficient (Wildman–Crippen LogP) is 1.83. The molecule has 0 aromatic heterocycles. The van der Waals surface area contributed by atoms with Gasteiger partial charge < -0.3 is 29.2 Å². The third kappa shape index (κ3) is 4.61. The van der Waals surface area contributed by atoms with Crippen molar-refractivity contribution in [3.05, 3.63) is 11.6 Å². The lowest BCUT2D eigenvalue weighted by Crippen LogP contribution is -2.59. The normalized spacial score (nSPS) is 36.9. The van der Waals surface area contributed by atoms with Gasteiger partial charge >= 0.3 is 6.09 Å². The molecule has 0 aromatic carbocycles. The summed E-state index contributed by atoms with van der Waals surface area (Å²) in [7, 11) is 1.61. The van der Waals surface area contributed by atoms with E-state index in [9.17, 15) is 15.0 Å². The van der Waals surface area contributed by atoms with Crippen molar-refractivity contribution in [1.29, 1.82) is 0 Å². The standard InChI is InChI=1S/C21H35NO7/c1-13(2)8-11-27-20(3,4)17-16(26-5)15(6-9-21(17)12-28-21)29-19(25)22-10-7-14(23)18(22)24/h8,14-18,23-24H,6-7,9-12H2,1-5H3/t14?,15-,16-,17-,18?,21?/m1/s1. The van der Waals surface area contributed by atoms with Crippen LogP contribution in [0.4, 0.5) is 4.79 Å². The number of carbonyl (C=O) groups is 1. The monoisotopic (exact) mass is 413 g/mol. The number of nitrogens with zero attached hydrogens (tertiary/aromatic N) is 1. The molecule has 29 heavy (non-hydrogen) atoms. The first-order valence-electron chi connectivity index (χ1n) is 10.4. The van der Waals surface area contributed by atoms with Crippen molar-refractivity contribution < 1.29 is 34.0 Å². The van der Waals surface area contributed by atoms with Gasteiger partial charge in [0.2, 0.25) is 0 Å².